The number of hydrogen-bond acceptors (Lipinski definition) is 1. The lowest BCUT2D eigenvalue weighted by Crippen LogP contribution is -2.32. The second-order valence-electron chi connectivity index (χ2n) is 4.61. The van der Waals surface area contributed by atoms with Crippen molar-refractivity contribution in [3.05, 3.63) is 71.8 Å². The summed E-state index contributed by atoms with van der Waals surface area (Å²) in [5.41, 5.74) is 1.95. The molecule has 0 N–H and O–H groups in total. The van der Waals surface area contributed by atoms with Crippen molar-refractivity contribution in [1.29, 1.82) is 0 Å². The minimum atomic E-state index is -0.625. The van der Waals surface area contributed by atoms with Crippen LogP contribution in [0.15, 0.2) is 60.7 Å². The fourth-order valence-electron chi connectivity index (χ4n) is 2.07. The molecule has 0 aromatic heterocycles. The van der Waals surface area contributed by atoms with Crippen LogP contribution in [0.5, 0.6) is 0 Å². The lowest BCUT2D eigenvalue weighted by Gasteiger charge is -2.23. The Morgan fingerprint density at radius 3 is 2.15 bits per heavy atom. The molecule has 0 fully saturated rings. The summed E-state index contributed by atoms with van der Waals surface area (Å²) < 4.78 is 0. The number of hydrogen-bond donors (Lipinski definition) is 0. The lowest BCUT2D eigenvalue weighted by atomic mass is 10.1. The number of carbonyl (C=O) groups excluding carboxylic acids is 1. The maximum absolute atomic E-state index is 12.5. The first-order valence-electron chi connectivity index (χ1n) is 6.74. The molecule has 1 amide bonds. The van der Waals surface area contributed by atoms with Crippen LogP contribution >= 0.6 is 11.6 Å². The molecule has 0 heterocycles. The Labute approximate surface area is 125 Å². The number of carbonyl (C=O) groups is 1. The zero-order valence-corrected chi connectivity index (χ0v) is 12.3. The van der Waals surface area contributed by atoms with E-state index in [2.05, 4.69) is 0 Å². The number of rotatable bonds is 5. The van der Waals surface area contributed by atoms with Crippen LogP contribution in [0.25, 0.3) is 0 Å². The molecule has 2 aromatic carbocycles. The molecule has 20 heavy (non-hydrogen) atoms. The highest BCUT2D eigenvalue weighted by Crippen LogP contribution is 2.23. The van der Waals surface area contributed by atoms with E-state index in [-0.39, 0.29) is 5.91 Å². The van der Waals surface area contributed by atoms with Crippen molar-refractivity contribution < 1.29 is 4.79 Å². The molecule has 2 nitrogen and oxygen atoms in total. The van der Waals surface area contributed by atoms with Crippen molar-refractivity contribution in [1.82, 2.24) is 4.90 Å². The Morgan fingerprint density at radius 1 is 1.05 bits per heavy atom. The summed E-state index contributed by atoms with van der Waals surface area (Å²) >= 11 is 6.31. The van der Waals surface area contributed by atoms with Gasteiger partial charge in [-0.3, -0.25) is 4.79 Å². The molecule has 0 aliphatic heterocycles. The fourth-order valence-corrected chi connectivity index (χ4v) is 2.36. The number of halogens is 1. The second kappa shape index (κ2) is 7.11. The Bertz CT molecular complexity index is 541. The topological polar surface area (TPSA) is 20.3 Å². The zero-order valence-electron chi connectivity index (χ0n) is 11.5. The van der Waals surface area contributed by atoms with Gasteiger partial charge in [0.05, 0.1) is 0 Å². The molecular formula is C17H18ClNO. The van der Waals surface area contributed by atoms with Crippen molar-refractivity contribution in [3.8, 4) is 0 Å². The molecule has 2 rings (SSSR count). The summed E-state index contributed by atoms with van der Waals surface area (Å²) in [6.07, 6.45) is 0. The second-order valence-corrected chi connectivity index (χ2v) is 5.05. The molecule has 0 aliphatic carbocycles. The quantitative estimate of drug-likeness (QED) is 0.761. The van der Waals surface area contributed by atoms with Gasteiger partial charge in [0.1, 0.15) is 5.38 Å². The largest absolute Gasteiger partial charge is 0.337 e. The van der Waals surface area contributed by atoms with Crippen LogP contribution in [0.2, 0.25) is 0 Å². The third-order valence-electron chi connectivity index (χ3n) is 3.22. The van der Waals surface area contributed by atoms with Crippen molar-refractivity contribution in [3.63, 3.8) is 0 Å². The third kappa shape index (κ3) is 3.61. The molecule has 0 saturated carbocycles. The smallest absolute Gasteiger partial charge is 0.245 e. The molecule has 2 aromatic rings. The molecule has 0 spiro atoms. The van der Waals surface area contributed by atoms with Crippen LogP contribution in [-0.4, -0.2) is 17.4 Å². The van der Waals surface area contributed by atoms with E-state index >= 15 is 0 Å². The Balaban J connectivity index is 2.09. The van der Waals surface area contributed by atoms with Gasteiger partial charge in [0.15, 0.2) is 0 Å². The maximum Gasteiger partial charge on any atom is 0.245 e. The van der Waals surface area contributed by atoms with E-state index in [9.17, 15) is 4.79 Å². The van der Waals surface area contributed by atoms with E-state index in [4.69, 9.17) is 11.6 Å². The van der Waals surface area contributed by atoms with Crippen molar-refractivity contribution in [2.24, 2.45) is 0 Å². The molecule has 0 saturated heterocycles. The van der Waals surface area contributed by atoms with Crippen LogP contribution in [-0.2, 0) is 11.3 Å². The average Bonchev–Trinajstić information content (AvgIpc) is 2.53. The third-order valence-corrected chi connectivity index (χ3v) is 3.66. The first-order valence-corrected chi connectivity index (χ1v) is 7.17. The predicted octanol–water partition coefficient (Wildman–Crippen LogP) is 4.02. The molecule has 1 atom stereocenters. The van der Waals surface area contributed by atoms with Crippen LogP contribution in [0.1, 0.15) is 23.4 Å². The van der Waals surface area contributed by atoms with E-state index in [1.165, 1.54) is 0 Å². The average molecular weight is 288 g/mol. The molecule has 0 aliphatic rings. The highest BCUT2D eigenvalue weighted by atomic mass is 35.5. The Morgan fingerprint density at radius 2 is 1.60 bits per heavy atom. The number of amides is 1. The van der Waals surface area contributed by atoms with E-state index in [1.54, 1.807) is 4.90 Å². The van der Waals surface area contributed by atoms with Gasteiger partial charge >= 0.3 is 0 Å². The highest BCUT2D eigenvalue weighted by molar-refractivity contribution is 6.30. The van der Waals surface area contributed by atoms with Crippen LogP contribution in [0, 0.1) is 0 Å². The summed E-state index contributed by atoms with van der Waals surface area (Å²) in [6, 6.07) is 19.4. The molecule has 3 heteroatoms. The number of alkyl halides is 1. The van der Waals surface area contributed by atoms with Gasteiger partial charge < -0.3 is 4.90 Å². The molecule has 104 valence electrons. The van der Waals surface area contributed by atoms with E-state index < -0.39 is 5.38 Å². The molecular weight excluding hydrogens is 270 g/mol. The van der Waals surface area contributed by atoms with Crippen LogP contribution < -0.4 is 0 Å². The monoisotopic (exact) mass is 287 g/mol. The minimum absolute atomic E-state index is 0.0516. The Hall–Kier alpha value is -1.80. The molecule has 1 unspecified atom stereocenters. The normalized spacial score (nSPS) is 11.9. The number of likely N-dealkylation sites (N-methyl/N-ethyl adjacent to an activating group) is 1. The van der Waals surface area contributed by atoms with Crippen LogP contribution in [0.3, 0.4) is 0 Å². The van der Waals surface area contributed by atoms with E-state index in [1.807, 2.05) is 67.6 Å². The van der Waals surface area contributed by atoms with E-state index in [0.29, 0.717) is 13.1 Å². The van der Waals surface area contributed by atoms with E-state index in [0.717, 1.165) is 11.1 Å². The standard InChI is InChI=1S/C17H18ClNO/c1-2-19(13-14-9-5-3-6-10-14)17(20)16(18)15-11-7-4-8-12-15/h3-12,16H,2,13H2,1H3. The summed E-state index contributed by atoms with van der Waals surface area (Å²) in [7, 11) is 0. The van der Waals surface area contributed by atoms with Gasteiger partial charge in [-0.25, -0.2) is 0 Å². The molecule has 0 bridgehead atoms. The highest BCUT2D eigenvalue weighted by Gasteiger charge is 2.22. The maximum atomic E-state index is 12.5. The number of nitrogens with zero attached hydrogens (tertiary/aromatic N) is 1. The van der Waals surface area contributed by atoms with Gasteiger partial charge in [-0.05, 0) is 18.1 Å². The van der Waals surface area contributed by atoms with Gasteiger partial charge in [-0.1, -0.05) is 60.7 Å². The first-order chi connectivity index (χ1) is 9.72. The van der Waals surface area contributed by atoms with Gasteiger partial charge in [0.25, 0.3) is 0 Å². The summed E-state index contributed by atoms with van der Waals surface area (Å²) in [5, 5.41) is -0.625. The van der Waals surface area contributed by atoms with Gasteiger partial charge in [0.2, 0.25) is 5.91 Å². The van der Waals surface area contributed by atoms with Crippen molar-refractivity contribution in [2.75, 3.05) is 6.54 Å². The summed E-state index contributed by atoms with van der Waals surface area (Å²) in [4.78, 5) is 14.3. The zero-order chi connectivity index (χ0) is 14.4. The van der Waals surface area contributed by atoms with Crippen LogP contribution in [0.4, 0.5) is 0 Å². The van der Waals surface area contributed by atoms with Crippen molar-refractivity contribution >= 4 is 17.5 Å². The number of benzene rings is 2. The molecule has 0 radical (unpaired) electrons. The first kappa shape index (κ1) is 14.6. The lowest BCUT2D eigenvalue weighted by molar-refractivity contribution is -0.131. The fraction of sp³-hybridized carbons (Fsp3) is 0.235. The van der Waals surface area contributed by atoms with Crippen molar-refractivity contribution in [2.45, 2.75) is 18.8 Å². The summed E-state index contributed by atoms with van der Waals surface area (Å²) in [6.45, 7) is 3.20. The van der Waals surface area contributed by atoms with Gasteiger partial charge in [-0.2, -0.15) is 0 Å². The summed E-state index contributed by atoms with van der Waals surface area (Å²) in [5.74, 6) is -0.0516. The Kier molecular flexibility index (Phi) is 5.19. The van der Waals surface area contributed by atoms with Gasteiger partial charge in [0, 0.05) is 13.1 Å². The van der Waals surface area contributed by atoms with Gasteiger partial charge in [-0.15, -0.1) is 11.6 Å². The SMILES string of the molecule is CCN(Cc1ccccc1)C(=O)C(Cl)c1ccccc1. The minimum Gasteiger partial charge on any atom is -0.337 e. The predicted molar refractivity (Wildman–Crippen MR) is 82.6 cm³/mol.